The van der Waals surface area contributed by atoms with Gasteiger partial charge in [0.2, 0.25) is 5.91 Å². The third-order valence-electron chi connectivity index (χ3n) is 5.36. The zero-order valence-electron chi connectivity index (χ0n) is 15.8. The number of nitrogens with one attached hydrogen (secondary N) is 1. The molecular formula is C20H25N5O2. The lowest BCUT2D eigenvalue weighted by atomic mass is 9.96. The summed E-state index contributed by atoms with van der Waals surface area (Å²) >= 11 is 0. The van der Waals surface area contributed by atoms with Gasteiger partial charge in [0.05, 0.1) is 11.0 Å². The Morgan fingerprint density at radius 3 is 2.81 bits per heavy atom. The largest absolute Gasteiger partial charge is 0.337 e. The molecule has 1 unspecified atom stereocenters. The number of imidazole rings is 1. The summed E-state index contributed by atoms with van der Waals surface area (Å²) < 4.78 is 2.30. The van der Waals surface area contributed by atoms with E-state index >= 15 is 0 Å². The number of carbonyl (C=O) groups is 2. The van der Waals surface area contributed by atoms with Gasteiger partial charge in [-0.15, -0.1) is 0 Å². The Morgan fingerprint density at radius 1 is 1.26 bits per heavy atom. The first-order valence-electron chi connectivity index (χ1n) is 9.66. The van der Waals surface area contributed by atoms with Gasteiger partial charge in [0.15, 0.2) is 0 Å². The van der Waals surface area contributed by atoms with E-state index in [9.17, 15) is 9.59 Å². The smallest absolute Gasteiger partial charge is 0.270 e. The molecule has 2 aliphatic rings. The maximum absolute atomic E-state index is 12.8. The summed E-state index contributed by atoms with van der Waals surface area (Å²) in [5, 5.41) is 3.97. The van der Waals surface area contributed by atoms with Crippen molar-refractivity contribution in [2.75, 3.05) is 13.1 Å². The quantitative estimate of drug-likeness (QED) is 0.905. The van der Waals surface area contributed by atoms with E-state index in [0.29, 0.717) is 31.1 Å². The fourth-order valence-corrected chi connectivity index (χ4v) is 4.08. The molecule has 0 aliphatic carbocycles. The minimum absolute atomic E-state index is 0.0630. The summed E-state index contributed by atoms with van der Waals surface area (Å²) in [5.74, 6) is 1.07. The van der Waals surface area contributed by atoms with Crippen LogP contribution in [0.15, 0.2) is 29.4 Å². The molecule has 0 spiro atoms. The predicted molar refractivity (Wildman–Crippen MR) is 103 cm³/mol. The van der Waals surface area contributed by atoms with Crippen molar-refractivity contribution >= 4 is 28.6 Å². The molecule has 3 heterocycles. The molecule has 1 aromatic heterocycles. The summed E-state index contributed by atoms with van der Waals surface area (Å²) in [6, 6.07) is 8.51. The minimum Gasteiger partial charge on any atom is -0.337 e. The standard InChI is InChI=1S/C20H25N5O2/c1-13(2)25-17-8-4-3-7-15(17)21-19(25)14-6-5-11-24(12-14)20(27)16-9-10-18(26)23-22-16/h3-4,7-8,13-14H,5-6,9-12H2,1-2H3,(H,23,26). The molecule has 1 N–H and O–H groups in total. The first kappa shape index (κ1) is 17.7. The van der Waals surface area contributed by atoms with E-state index in [0.717, 1.165) is 36.2 Å². The molecule has 0 saturated carbocycles. The van der Waals surface area contributed by atoms with Crippen LogP contribution in [0.4, 0.5) is 0 Å². The van der Waals surface area contributed by atoms with Gasteiger partial charge in [-0.3, -0.25) is 9.59 Å². The zero-order valence-corrected chi connectivity index (χ0v) is 15.8. The number of piperidine rings is 1. The van der Waals surface area contributed by atoms with Gasteiger partial charge in [0.25, 0.3) is 5.91 Å². The Morgan fingerprint density at radius 2 is 2.07 bits per heavy atom. The van der Waals surface area contributed by atoms with Crippen LogP contribution in [0.5, 0.6) is 0 Å². The van der Waals surface area contributed by atoms with Crippen LogP contribution >= 0.6 is 0 Å². The molecule has 1 fully saturated rings. The highest BCUT2D eigenvalue weighted by atomic mass is 16.2. The van der Waals surface area contributed by atoms with Crippen molar-refractivity contribution in [2.45, 2.75) is 51.5 Å². The summed E-state index contributed by atoms with van der Waals surface area (Å²) in [6.45, 7) is 5.71. The van der Waals surface area contributed by atoms with E-state index in [-0.39, 0.29) is 17.7 Å². The molecule has 0 radical (unpaired) electrons. The first-order valence-corrected chi connectivity index (χ1v) is 9.66. The highest BCUT2D eigenvalue weighted by Crippen LogP contribution is 2.31. The van der Waals surface area contributed by atoms with Crippen LogP contribution in [-0.4, -0.2) is 45.1 Å². The number of rotatable bonds is 3. The Kier molecular flexibility index (Phi) is 4.68. The fourth-order valence-electron chi connectivity index (χ4n) is 4.08. The van der Waals surface area contributed by atoms with Crippen LogP contribution in [0.2, 0.25) is 0 Å². The first-order chi connectivity index (χ1) is 13.0. The molecule has 2 amide bonds. The van der Waals surface area contributed by atoms with Crippen molar-refractivity contribution < 1.29 is 9.59 Å². The number of likely N-dealkylation sites (tertiary alicyclic amines) is 1. The molecule has 7 nitrogen and oxygen atoms in total. The number of hydrogen-bond acceptors (Lipinski definition) is 4. The van der Waals surface area contributed by atoms with Crippen molar-refractivity contribution in [1.29, 1.82) is 0 Å². The third kappa shape index (κ3) is 3.34. The minimum atomic E-state index is -0.131. The second-order valence-electron chi connectivity index (χ2n) is 7.61. The average Bonchev–Trinajstić information content (AvgIpc) is 3.08. The predicted octanol–water partition coefficient (Wildman–Crippen LogP) is 2.59. The topological polar surface area (TPSA) is 79.6 Å². The Balaban J connectivity index is 1.60. The maximum atomic E-state index is 12.8. The monoisotopic (exact) mass is 367 g/mol. The summed E-state index contributed by atoms with van der Waals surface area (Å²) in [5.41, 5.74) is 5.02. The van der Waals surface area contributed by atoms with Gasteiger partial charge in [-0.1, -0.05) is 12.1 Å². The fraction of sp³-hybridized carbons (Fsp3) is 0.500. The molecule has 0 bridgehead atoms. The SMILES string of the molecule is CC(C)n1c(C2CCCN(C(=O)C3=NNC(=O)CC3)C2)nc2ccccc21. The number of hydrazone groups is 1. The van der Waals surface area contributed by atoms with Crippen LogP contribution in [0.25, 0.3) is 11.0 Å². The lowest BCUT2D eigenvalue weighted by Crippen LogP contribution is -2.45. The molecule has 1 saturated heterocycles. The number of carbonyl (C=O) groups excluding carboxylic acids is 2. The van der Waals surface area contributed by atoms with Crippen molar-refractivity contribution in [2.24, 2.45) is 5.10 Å². The molecule has 1 aromatic carbocycles. The molecule has 1 atom stereocenters. The highest BCUT2D eigenvalue weighted by molar-refractivity contribution is 6.39. The van der Waals surface area contributed by atoms with Crippen molar-refractivity contribution in [1.82, 2.24) is 19.9 Å². The van der Waals surface area contributed by atoms with Gasteiger partial charge in [-0.25, -0.2) is 10.4 Å². The third-order valence-corrected chi connectivity index (χ3v) is 5.36. The van der Waals surface area contributed by atoms with Gasteiger partial charge in [0.1, 0.15) is 11.5 Å². The van der Waals surface area contributed by atoms with Crippen molar-refractivity contribution in [3.63, 3.8) is 0 Å². The van der Waals surface area contributed by atoms with Crippen LogP contribution in [0.3, 0.4) is 0 Å². The number of aromatic nitrogens is 2. The lowest BCUT2D eigenvalue weighted by molar-refractivity contribution is -0.125. The molecule has 27 heavy (non-hydrogen) atoms. The summed E-state index contributed by atoms with van der Waals surface area (Å²) in [4.78, 5) is 30.9. The Bertz CT molecular complexity index is 914. The number of amides is 2. The van der Waals surface area contributed by atoms with E-state index in [4.69, 9.17) is 4.98 Å². The zero-order chi connectivity index (χ0) is 19.0. The van der Waals surface area contributed by atoms with Crippen LogP contribution < -0.4 is 5.43 Å². The number of nitrogens with zero attached hydrogens (tertiary/aromatic N) is 4. The van der Waals surface area contributed by atoms with E-state index in [1.54, 1.807) is 0 Å². The maximum Gasteiger partial charge on any atom is 0.270 e. The number of fused-ring (bicyclic) bond motifs is 1. The van der Waals surface area contributed by atoms with Gasteiger partial charge < -0.3 is 9.47 Å². The summed E-state index contributed by atoms with van der Waals surface area (Å²) in [6.07, 6.45) is 2.70. The highest BCUT2D eigenvalue weighted by Gasteiger charge is 2.31. The van der Waals surface area contributed by atoms with E-state index in [2.05, 4.69) is 35.0 Å². The molecule has 4 rings (SSSR count). The Labute approximate surface area is 158 Å². The molecule has 2 aliphatic heterocycles. The molecular weight excluding hydrogens is 342 g/mol. The number of benzene rings is 1. The molecule has 7 heteroatoms. The summed E-state index contributed by atoms with van der Waals surface area (Å²) in [7, 11) is 0. The van der Waals surface area contributed by atoms with Crippen LogP contribution in [-0.2, 0) is 9.59 Å². The van der Waals surface area contributed by atoms with E-state index in [1.165, 1.54) is 0 Å². The van der Waals surface area contributed by atoms with Gasteiger partial charge >= 0.3 is 0 Å². The second kappa shape index (κ2) is 7.13. The van der Waals surface area contributed by atoms with Crippen molar-refractivity contribution in [3.05, 3.63) is 30.1 Å². The van der Waals surface area contributed by atoms with E-state index in [1.807, 2.05) is 23.1 Å². The van der Waals surface area contributed by atoms with Gasteiger partial charge in [-0.2, -0.15) is 5.10 Å². The van der Waals surface area contributed by atoms with Gasteiger partial charge in [-0.05, 0) is 38.8 Å². The molecule has 2 aromatic rings. The normalized spacial score (nSPS) is 20.7. The van der Waals surface area contributed by atoms with Gasteiger partial charge in [0, 0.05) is 37.9 Å². The molecule has 142 valence electrons. The Hall–Kier alpha value is -2.70. The van der Waals surface area contributed by atoms with Crippen LogP contribution in [0.1, 0.15) is 57.3 Å². The van der Waals surface area contributed by atoms with E-state index < -0.39 is 0 Å². The van der Waals surface area contributed by atoms with Crippen molar-refractivity contribution in [3.8, 4) is 0 Å². The number of hydrogen-bond donors (Lipinski definition) is 1. The average molecular weight is 367 g/mol. The second-order valence-corrected chi connectivity index (χ2v) is 7.61. The number of para-hydroxylation sites is 2. The van der Waals surface area contributed by atoms with Crippen LogP contribution in [0, 0.1) is 0 Å². The lowest BCUT2D eigenvalue weighted by Gasteiger charge is -2.33.